The van der Waals surface area contributed by atoms with Crippen LogP contribution in [0.15, 0.2) is 47.6 Å². The van der Waals surface area contributed by atoms with Crippen LogP contribution in [0, 0.1) is 0 Å². The van der Waals surface area contributed by atoms with Crippen LogP contribution in [-0.4, -0.2) is 31.1 Å². The molecule has 0 atom stereocenters. The van der Waals surface area contributed by atoms with Crippen LogP contribution in [0.1, 0.15) is 5.56 Å². The van der Waals surface area contributed by atoms with Crippen LogP contribution in [0.5, 0.6) is 5.75 Å². The lowest BCUT2D eigenvalue weighted by molar-refractivity contribution is 0.475. The number of para-hydroxylation sites is 1. The summed E-state index contributed by atoms with van der Waals surface area (Å²) >= 11 is 6.04. The minimum Gasteiger partial charge on any atom is -0.508 e. The van der Waals surface area contributed by atoms with E-state index in [1.165, 1.54) is 18.3 Å². The van der Waals surface area contributed by atoms with Crippen LogP contribution in [-0.2, 0) is 7.05 Å². The number of hydrazone groups is 1. The van der Waals surface area contributed by atoms with E-state index < -0.39 is 0 Å². The molecule has 0 amide bonds. The lowest BCUT2D eigenvalue weighted by atomic mass is 10.2. The first kappa shape index (κ1) is 15.3. The summed E-state index contributed by atoms with van der Waals surface area (Å²) in [6, 6.07) is 12.5. The molecule has 0 saturated heterocycles. The Morgan fingerprint density at radius 1 is 1.20 bits per heavy atom. The summed E-state index contributed by atoms with van der Waals surface area (Å²) in [5.41, 5.74) is 5.80. The molecule has 2 heterocycles. The highest BCUT2D eigenvalue weighted by Gasteiger charge is 2.11. The number of phenols is 1. The van der Waals surface area contributed by atoms with Crippen LogP contribution in [0.2, 0.25) is 5.02 Å². The van der Waals surface area contributed by atoms with Crippen LogP contribution in [0.3, 0.4) is 0 Å². The van der Waals surface area contributed by atoms with E-state index in [9.17, 15) is 5.11 Å². The first-order valence-corrected chi connectivity index (χ1v) is 7.87. The number of aryl methyl sites for hydroxylation is 1. The molecule has 0 bridgehead atoms. The summed E-state index contributed by atoms with van der Waals surface area (Å²) in [7, 11) is 1.93. The van der Waals surface area contributed by atoms with Crippen molar-refractivity contribution in [2.75, 3.05) is 5.43 Å². The summed E-state index contributed by atoms with van der Waals surface area (Å²) in [4.78, 5) is 4.47. The van der Waals surface area contributed by atoms with Crippen LogP contribution >= 0.6 is 11.6 Å². The fourth-order valence-corrected chi connectivity index (χ4v) is 2.81. The van der Waals surface area contributed by atoms with Gasteiger partial charge in [0.25, 0.3) is 5.95 Å². The molecule has 0 spiro atoms. The van der Waals surface area contributed by atoms with Crippen molar-refractivity contribution in [1.82, 2.24) is 19.7 Å². The molecule has 25 heavy (non-hydrogen) atoms. The second kappa shape index (κ2) is 6.03. The predicted octanol–water partition coefficient (Wildman–Crippen LogP) is 3.32. The molecular formula is C17H13ClN6O. The first-order chi connectivity index (χ1) is 12.1. The number of nitrogens with zero attached hydrogens (tertiary/aromatic N) is 5. The van der Waals surface area contributed by atoms with Gasteiger partial charge in [-0.05, 0) is 24.3 Å². The molecule has 0 unspecified atom stereocenters. The third-order valence-electron chi connectivity index (χ3n) is 3.85. The average molecular weight is 353 g/mol. The van der Waals surface area contributed by atoms with Crippen molar-refractivity contribution in [3.63, 3.8) is 0 Å². The van der Waals surface area contributed by atoms with E-state index in [2.05, 4.69) is 25.7 Å². The molecule has 2 N–H and O–H groups in total. The van der Waals surface area contributed by atoms with Gasteiger partial charge in [-0.2, -0.15) is 10.1 Å². The smallest absolute Gasteiger partial charge is 0.265 e. The normalized spacial score (nSPS) is 11.6. The van der Waals surface area contributed by atoms with Crippen LogP contribution in [0.25, 0.3) is 22.1 Å². The highest BCUT2D eigenvalue weighted by molar-refractivity contribution is 6.33. The van der Waals surface area contributed by atoms with Crippen molar-refractivity contribution < 1.29 is 5.11 Å². The fourth-order valence-electron chi connectivity index (χ4n) is 2.64. The van der Waals surface area contributed by atoms with E-state index in [1.807, 2.05) is 35.9 Å². The van der Waals surface area contributed by atoms with Gasteiger partial charge < -0.3 is 9.67 Å². The quantitative estimate of drug-likeness (QED) is 0.436. The molecule has 2 aromatic carbocycles. The molecule has 0 aliphatic heterocycles. The molecule has 8 heteroatoms. The Labute approximate surface area is 147 Å². The third kappa shape index (κ3) is 2.74. The number of anilines is 1. The largest absolute Gasteiger partial charge is 0.508 e. The van der Waals surface area contributed by atoms with E-state index >= 15 is 0 Å². The number of phenolic OH excluding ortho intramolecular Hbond substituents is 1. The van der Waals surface area contributed by atoms with Gasteiger partial charge in [0.1, 0.15) is 11.3 Å². The number of nitrogens with one attached hydrogen (secondary N) is 1. The number of benzene rings is 2. The topological polar surface area (TPSA) is 88.2 Å². The summed E-state index contributed by atoms with van der Waals surface area (Å²) in [6.45, 7) is 0. The molecule has 4 rings (SSSR count). The van der Waals surface area contributed by atoms with Crippen molar-refractivity contribution in [2.24, 2.45) is 12.1 Å². The van der Waals surface area contributed by atoms with E-state index in [0.29, 0.717) is 16.2 Å². The maximum Gasteiger partial charge on any atom is 0.265 e. The molecule has 0 aliphatic carbocycles. The number of aromatic nitrogens is 4. The van der Waals surface area contributed by atoms with Gasteiger partial charge in [-0.25, -0.2) is 5.43 Å². The Morgan fingerprint density at radius 2 is 2.04 bits per heavy atom. The van der Waals surface area contributed by atoms with E-state index in [-0.39, 0.29) is 11.7 Å². The van der Waals surface area contributed by atoms with E-state index in [0.717, 1.165) is 16.4 Å². The summed E-state index contributed by atoms with van der Waals surface area (Å²) in [5.74, 6) is 0.381. The Bertz CT molecular complexity index is 1120. The molecular weight excluding hydrogens is 340 g/mol. The van der Waals surface area contributed by atoms with Gasteiger partial charge in [0, 0.05) is 23.0 Å². The number of halogens is 1. The van der Waals surface area contributed by atoms with Gasteiger partial charge in [-0.15, -0.1) is 10.2 Å². The number of hydrogen-bond donors (Lipinski definition) is 2. The molecule has 4 aromatic rings. The zero-order valence-electron chi connectivity index (χ0n) is 13.2. The Kier molecular flexibility index (Phi) is 3.70. The molecule has 124 valence electrons. The zero-order valence-corrected chi connectivity index (χ0v) is 13.9. The van der Waals surface area contributed by atoms with Crippen LogP contribution in [0.4, 0.5) is 5.95 Å². The predicted molar refractivity (Wildman–Crippen MR) is 98.1 cm³/mol. The first-order valence-electron chi connectivity index (χ1n) is 7.49. The monoisotopic (exact) mass is 352 g/mol. The van der Waals surface area contributed by atoms with Gasteiger partial charge in [-0.1, -0.05) is 29.8 Å². The SMILES string of the molecule is Cn1c2ccccc2c2nnc(N/N=C/c3cc(O)ccc3Cl)nc21. The molecule has 0 saturated carbocycles. The fraction of sp³-hybridized carbons (Fsp3) is 0.0588. The van der Waals surface area contributed by atoms with Gasteiger partial charge >= 0.3 is 0 Å². The van der Waals surface area contributed by atoms with Crippen molar-refractivity contribution in [3.05, 3.63) is 53.1 Å². The Morgan fingerprint density at radius 3 is 2.92 bits per heavy atom. The average Bonchev–Trinajstić information content (AvgIpc) is 2.91. The molecule has 7 nitrogen and oxygen atoms in total. The van der Waals surface area contributed by atoms with Crippen molar-refractivity contribution >= 4 is 45.8 Å². The van der Waals surface area contributed by atoms with Crippen molar-refractivity contribution in [3.8, 4) is 5.75 Å². The Balaban J connectivity index is 1.66. The summed E-state index contributed by atoms with van der Waals surface area (Å²) in [6.07, 6.45) is 1.48. The maximum absolute atomic E-state index is 9.49. The van der Waals surface area contributed by atoms with Crippen LogP contribution < -0.4 is 5.43 Å². The number of rotatable bonds is 3. The van der Waals surface area contributed by atoms with Crippen molar-refractivity contribution in [1.29, 1.82) is 0 Å². The third-order valence-corrected chi connectivity index (χ3v) is 4.20. The highest BCUT2D eigenvalue weighted by atomic mass is 35.5. The van der Waals surface area contributed by atoms with Crippen molar-refractivity contribution in [2.45, 2.75) is 0 Å². The van der Waals surface area contributed by atoms with Gasteiger partial charge in [0.2, 0.25) is 0 Å². The second-order valence-corrected chi connectivity index (χ2v) is 5.87. The number of aromatic hydroxyl groups is 1. The van der Waals surface area contributed by atoms with E-state index in [4.69, 9.17) is 11.6 Å². The van der Waals surface area contributed by atoms with E-state index in [1.54, 1.807) is 6.07 Å². The standard InChI is InChI=1S/C17H13ClN6O/c1-24-14-5-3-2-4-12(14)15-16(24)20-17(23-21-15)22-19-9-10-8-11(25)6-7-13(10)18/h2-9,25H,1H3,(H,20,22,23)/b19-9+. The molecule has 0 radical (unpaired) electrons. The molecule has 2 aromatic heterocycles. The lowest BCUT2D eigenvalue weighted by Gasteiger charge is -2.01. The van der Waals surface area contributed by atoms with Gasteiger partial charge in [-0.3, -0.25) is 0 Å². The van der Waals surface area contributed by atoms with Gasteiger partial charge in [0.05, 0.1) is 11.7 Å². The molecule has 0 aliphatic rings. The highest BCUT2D eigenvalue weighted by Crippen LogP contribution is 2.25. The molecule has 0 fully saturated rings. The summed E-state index contributed by atoms with van der Waals surface area (Å²) in [5, 5.41) is 23.3. The minimum atomic E-state index is 0.112. The van der Waals surface area contributed by atoms with Gasteiger partial charge in [0.15, 0.2) is 5.65 Å². The zero-order chi connectivity index (χ0) is 17.4. The number of fused-ring (bicyclic) bond motifs is 3. The number of hydrogen-bond acceptors (Lipinski definition) is 6. The Hall–Kier alpha value is -3.19. The second-order valence-electron chi connectivity index (χ2n) is 5.46. The summed E-state index contributed by atoms with van der Waals surface area (Å²) < 4.78 is 1.96. The minimum absolute atomic E-state index is 0.112. The lowest BCUT2D eigenvalue weighted by Crippen LogP contribution is -2.00. The maximum atomic E-state index is 9.49.